The second-order valence-electron chi connectivity index (χ2n) is 4.42. The third kappa shape index (κ3) is 3.80. The summed E-state index contributed by atoms with van der Waals surface area (Å²) in [5.41, 5.74) is 5.94. The highest BCUT2D eigenvalue weighted by molar-refractivity contribution is 5.79. The predicted molar refractivity (Wildman–Crippen MR) is 59.4 cm³/mol. The molecule has 0 bridgehead atoms. The van der Waals surface area contributed by atoms with Crippen LogP contribution in [-0.4, -0.2) is 31.7 Å². The lowest BCUT2D eigenvalue weighted by Crippen LogP contribution is -2.47. The van der Waals surface area contributed by atoms with Crippen molar-refractivity contribution in [2.75, 3.05) is 13.7 Å². The molecule has 3 N–H and O–H groups in total. The molecule has 0 aromatic carbocycles. The number of ether oxygens (including phenoxy) is 1. The molecule has 1 rings (SSSR count). The molecular weight excluding hydrogens is 192 g/mol. The van der Waals surface area contributed by atoms with E-state index >= 15 is 0 Å². The quantitative estimate of drug-likeness (QED) is 0.722. The number of carbonyl (C=O) groups excluding carboxylic acids is 1. The zero-order chi connectivity index (χ0) is 11.3. The number of amides is 1. The predicted octanol–water partition coefficient (Wildman–Crippen LogP) is 0.655. The Labute approximate surface area is 91.5 Å². The van der Waals surface area contributed by atoms with Crippen molar-refractivity contribution in [3.05, 3.63) is 0 Å². The molecule has 0 aliphatic heterocycles. The first-order valence-electron chi connectivity index (χ1n) is 5.70. The van der Waals surface area contributed by atoms with Gasteiger partial charge in [-0.25, -0.2) is 0 Å². The molecule has 0 aromatic heterocycles. The maximum atomic E-state index is 11.8. The lowest BCUT2D eigenvalue weighted by Gasteiger charge is -2.28. The molecule has 1 aliphatic carbocycles. The second-order valence-corrected chi connectivity index (χ2v) is 4.42. The molecule has 15 heavy (non-hydrogen) atoms. The van der Waals surface area contributed by atoms with Gasteiger partial charge in [0.2, 0.25) is 5.91 Å². The average Bonchev–Trinajstić information content (AvgIpc) is 2.18. The van der Waals surface area contributed by atoms with Gasteiger partial charge in [0, 0.05) is 19.2 Å². The number of nitrogens with one attached hydrogen (secondary N) is 1. The molecule has 0 spiro atoms. The summed E-state index contributed by atoms with van der Waals surface area (Å²) in [6, 6.07) is 0.102. The molecule has 0 heterocycles. The highest BCUT2D eigenvalue weighted by atomic mass is 16.5. The monoisotopic (exact) mass is 214 g/mol. The van der Waals surface area contributed by atoms with Crippen molar-refractivity contribution in [2.45, 2.75) is 44.7 Å². The van der Waals surface area contributed by atoms with Crippen LogP contribution in [0.15, 0.2) is 0 Å². The Hall–Kier alpha value is -0.610. The molecule has 1 aliphatic rings. The highest BCUT2D eigenvalue weighted by Gasteiger charge is 2.28. The zero-order valence-corrected chi connectivity index (χ0v) is 9.66. The first-order chi connectivity index (χ1) is 7.15. The number of rotatable bonds is 4. The van der Waals surface area contributed by atoms with Crippen LogP contribution in [0.2, 0.25) is 0 Å². The van der Waals surface area contributed by atoms with Crippen molar-refractivity contribution in [3.8, 4) is 0 Å². The summed E-state index contributed by atoms with van der Waals surface area (Å²) in [5.74, 6) is 0.0878. The van der Waals surface area contributed by atoms with Crippen molar-refractivity contribution in [3.63, 3.8) is 0 Å². The molecule has 4 nitrogen and oxygen atoms in total. The molecule has 1 amide bonds. The SMILES string of the molecule is COCC(C)NC(=O)C1CCCCC1N. The molecule has 88 valence electrons. The molecule has 0 saturated heterocycles. The van der Waals surface area contributed by atoms with Crippen LogP contribution >= 0.6 is 0 Å². The van der Waals surface area contributed by atoms with Crippen LogP contribution < -0.4 is 11.1 Å². The van der Waals surface area contributed by atoms with Gasteiger partial charge in [-0.2, -0.15) is 0 Å². The Balaban J connectivity index is 2.37. The van der Waals surface area contributed by atoms with Gasteiger partial charge in [-0.15, -0.1) is 0 Å². The summed E-state index contributed by atoms with van der Waals surface area (Å²) in [6.45, 7) is 2.49. The largest absolute Gasteiger partial charge is 0.383 e. The van der Waals surface area contributed by atoms with Gasteiger partial charge in [0.25, 0.3) is 0 Å². The number of nitrogens with two attached hydrogens (primary N) is 1. The first-order valence-corrected chi connectivity index (χ1v) is 5.70. The van der Waals surface area contributed by atoms with E-state index in [-0.39, 0.29) is 23.9 Å². The van der Waals surface area contributed by atoms with E-state index in [0.717, 1.165) is 25.7 Å². The summed E-state index contributed by atoms with van der Waals surface area (Å²) in [6.07, 6.45) is 4.16. The fourth-order valence-electron chi connectivity index (χ4n) is 2.13. The van der Waals surface area contributed by atoms with Crippen molar-refractivity contribution in [1.82, 2.24) is 5.32 Å². The zero-order valence-electron chi connectivity index (χ0n) is 9.66. The summed E-state index contributed by atoms with van der Waals surface area (Å²) in [7, 11) is 1.63. The molecule has 0 aromatic rings. The minimum atomic E-state index is -0.00180. The number of methoxy groups -OCH3 is 1. The Kier molecular flexibility index (Phi) is 5.05. The topological polar surface area (TPSA) is 64.3 Å². The van der Waals surface area contributed by atoms with Gasteiger partial charge < -0.3 is 15.8 Å². The maximum Gasteiger partial charge on any atom is 0.224 e. The summed E-state index contributed by atoms with van der Waals surface area (Å²) >= 11 is 0. The van der Waals surface area contributed by atoms with E-state index in [4.69, 9.17) is 10.5 Å². The van der Waals surface area contributed by atoms with E-state index in [1.807, 2.05) is 6.92 Å². The van der Waals surface area contributed by atoms with Crippen molar-refractivity contribution in [2.24, 2.45) is 11.7 Å². The molecule has 1 saturated carbocycles. The van der Waals surface area contributed by atoms with Crippen LogP contribution in [-0.2, 0) is 9.53 Å². The van der Waals surface area contributed by atoms with Crippen molar-refractivity contribution < 1.29 is 9.53 Å². The molecule has 1 fully saturated rings. The minimum absolute atomic E-state index is 0.00180. The Bertz CT molecular complexity index is 209. The van der Waals surface area contributed by atoms with Crippen molar-refractivity contribution in [1.29, 1.82) is 0 Å². The molecule has 0 radical (unpaired) electrons. The van der Waals surface area contributed by atoms with E-state index in [1.165, 1.54) is 0 Å². The van der Waals surface area contributed by atoms with Crippen LogP contribution in [0.25, 0.3) is 0 Å². The molecule has 3 unspecified atom stereocenters. The van der Waals surface area contributed by atoms with Gasteiger partial charge in [-0.05, 0) is 19.8 Å². The third-order valence-electron chi connectivity index (χ3n) is 2.96. The van der Waals surface area contributed by atoms with Crippen LogP contribution in [0.3, 0.4) is 0 Å². The molecular formula is C11H22N2O2. The minimum Gasteiger partial charge on any atom is -0.383 e. The normalized spacial score (nSPS) is 28.5. The lowest BCUT2D eigenvalue weighted by atomic mass is 9.84. The number of hydrogen-bond donors (Lipinski definition) is 2. The van der Waals surface area contributed by atoms with Gasteiger partial charge in [0.05, 0.1) is 12.5 Å². The first kappa shape index (κ1) is 12.5. The van der Waals surface area contributed by atoms with E-state index < -0.39 is 0 Å². The van der Waals surface area contributed by atoms with Crippen LogP contribution in [0, 0.1) is 5.92 Å². The van der Waals surface area contributed by atoms with E-state index in [1.54, 1.807) is 7.11 Å². The standard InChI is InChI=1S/C11H22N2O2/c1-8(7-15-2)13-11(14)9-5-3-4-6-10(9)12/h8-10H,3-7,12H2,1-2H3,(H,13,14). The van der Waals surface area contributed by atoms with Gasteiger partial charge in [-0.3, -0.25) is 4.79 Å². The van der Waals surface area contributed by atoms with Gasteiger partial charge in [-0.1, -0.05) is 12.8 Å². The van der Waals surface area contributed by atoms with Crippen LogP contribution in [0.4, 0.5) is 0 Å². The van der Waals surface area contributed by atoms with Gasteiger partial charge >= 0.3 is 0 Å². The fraction of sp³-hybridized carbons (Fsp3) is 0.909. The Morgan fingerprint density at radius 2 is 2.20 bits per heavy atom. The number of hydrogen-bond acceptors (Lipinski definition) is 3. The van der Waals surface area contributed by atoms with E-state index in [0.29, 0.717) is 6.61 Å². The van der Waals surface area contributed by atoms with Crippen molar-refractivity contribution >= 4 is 5.91 Å². The second kappa shape index (κ2) is 6.08. The van der Waals surface area contributed by atoms with E-state index in [2.05, 4.69) is 5.32 Å². The highest BCUT2D eigenvalue weighted by Crippen LogP contribution is 2.23. The van der Waals surface area contributed by atoms with Gasteiger partial charge in [0.15, 0.2) is 0 Å². The Morgan fingerprint density at radius 3 is 2.80 bits per heavy atom. The maximum absolute atomic E-state index is 11.8. The average molecular weight is 214 g/mol. The summed E-state index contributed by atoms with van der Waals surface area (Å²) < 4.78 is 4.97. The third-order valence-corrected chi connectivity index (χ3v) is 2.96. The smallest absolute Gasteiger partial charge is 0.224 e. The summed E-state index contributed by atoms with van der Waals surface area (Å²) in [5, 5.41) is 2.94. The fourth-order valence-corrected chi connectivity index (χ4v) is 2.13. The van der Waals surface area contributed by atoms with Gasteiger partial charge in [0.1, 0.15) is 0 Å². The number of carbonyl (C=O) groups is 1. The molecule has 3 atom stereocenters. The Morgan fingerprint density at radius 1 is 1.53 bits per heavy atom. The summed E-state index contributed by atoms with van der Waals surface area (Å²) in [4.78, 5) is 11.8. The van der Waals surface area contributed by atoms with Crippen LogP contribution in [0.5, 0.6) is 0 Å². The van der Waals surface area contributed by atoms with E-state index in [9.17, 15) is 4.79 Å². The van der Waals surface area contributed by atoms with Crippen LogP contribution in [0.1, 0.15) is 32.6 Å². The lowest BCUT2D eigenvalue weighted by molar-refractivity contribution is -0.127. The molecule has 4 heteroatoms.